The number of nitrogens with one attached hydrogen (secondary N) is 4. The maximum atomic E-state index is 13.8. The fraction of sp³-hybridized carbons (Fsp3) is 0.0870. The Morgan fingerprint density at radius 3 is 1.90 bits per heavy atom. The summed E-state index contributed by atoms with van der Waals surface area (Å²) in [5.41, 5.74) is 4.73. The first-order chi connectivity index (χ1) is 14.4. The van der Waals surface area contributed by atoms with E-state index in [1.54, 1.807) is 6.20 Å². The van der Waals surface area contributed by atoms with Crippen LogP contribution in [0.25, 0.3) is 10.9 Å². The molecule has 3 aromatic carbocycles. The standard InChI is InChI=1S/C23H23N4O2P/c1-16-7-11-18(12-8-16)25-30(29,26-19-13-9-17(2)10-14-19)27-23(28)21-15-24-22-6-4-3-5-20(21)22/h3-15,24H,1-2H3,(H3,25,26,27,28,29). The highest BCUT2D eigenvalue weighted by atomic mass is 31.2. The monoisotopic (exact) mass is 418 g/mol. The van der Waals surface area contributed by atoms with E-state index >= 15 is 0 Å². The van der Waals surface area contributed by atoms with Crippen molar-refractivity contribution in [2.24, 2.45) is 0 Å². The van der Waals surface area contributed by atoms with Gasteiger partial charge in [-0.15, -0.1) is 0 Å². The minimum Gasteiger partial charge on any atom is -0.360 e. The lowest BCUT2D eigenvalue weighted by Crippen LogP contribution is -2.27. The topological polar surface area (TPSA) is 86.0 Å². The molecule has 0 aliphatic rings. The van der Waals surface area contributed by atoms with E-state index in [0.717, 1.165) is 22.0 Å². The Kier molecular flexibility index (Phi) is 5.34. The molecule has 4 rings (SSSR count). The second kappa shape index (κ2) is 8.09. The summed E-state index contributed by atoms with van der Waals surface area (Å²) >= 11 is 0. The molecule has 4 aromatic rings. The van der Waals surface area contributed by atoms with Crippen molar-refractivity contribution in [3.63, 3.8) is 0 Å². The third kappa shape index (κ3) is 4.39. The van der Waals surface area contributed by atoms with Crippen LogP contribution in [0.3, 0.4) is 0 Å². The van der Waals surface area contributed by atoms with E-state index in [9.17, 15) is 9.36 Å². The molecule has 0 bridgehead atoms. The summed E-state index contributed by atoms with van der Waals surface area (Å²) in [4.78, 5) is 16.1. The average molecular weight is 418 g/mol. The predicted molar refractivity (Wildman–Crippen MR) is 123 cm³/mol. The quantitative estimate of drug-likeness (QED) is 0.296. The van der Waals surface area contributed by atoms with E-state index < -0.39 is 13.5 Å². The van der Waals surface area contributed by atoms with Gasteiger partial charge >= 0.3 is 7.59 Å². The maximum Gasteiger partial charge on any atom is 0.355 e. The number of H-pyrrole nitrogens is 1. The van der Waals surface area contributed by atoms with Crippen molar-refractivity contribution in [3.8, 4) is 0 Å². The molecule has 7 heteroatoms. The van der Waals surface area contributed by atoms with Gasteiger partial charge in [-0.25, -0.2) is 0 Å². The molecule has 1 aromatic heterocycles. The van der Waals surface area contributed by atoms with Crippen molar-refractivity contribution in [1.29, 1.82) is 0 Å². The number of benzene rings is 3. The van der Waals surface area contributed by atoms with Gasteiger partial charge in [0, 0.05) is 28.5 Å². The van der Waals surface area contributed by atoms with Crippen LogP contribution >= 0.6 is 7.59 Å². The van der Waals surface area contributed by atoms with E-state index in [1.807, 2.05) is 86.6 Å². The van der Waals surface area contributed by atoms with Crippen molar-refractivity contribution < 1.29 is 9.36 Å². The third-order valence-electron chi connectivity index (χ3n) is 4.77. The van der Waals surface area contributed by atoms with E-state index in [-0.39, 0.29) is 0 Å². The van der Waals surface area contributed by atoms with Crippen LogP contribution in [-0.4, -0.2) is 10.9 Å². The molecule has 0 saturated carbocycles. The SMILES string of the molecule is Cc1ccc(NP(=O)(NC(=O)c2c[nH]c3ccccc23)Nc2ccc(C)cc2)cc1. The summed E-state index contributed by atoms with van der Waals surface area (Å²) in [6.07, 6.45) is 1.63. The maximum absolute atomic E-state index is 13.8. The molecule has 0 aliphatic carbocycles. The molecule has 0 spiro atoms. The number of amides is 1. The molecule has 6 nitrogen and oxygen atoms in total. The highest BCUT2D eigenvalue weighted by Gasteiger charge is 2.27. The molecule has 0 atom stereocenters. The van der Waals surface area contributed by atoms with Crippen LogP contribution in [0.2, 0.25) is 0 Å². The highest BCUT2D eigenvalue weighted by Crippen LogP contribution is 2.42. The first kappa shape index (κ1) is 19.8. The molecule has 0 fully saturated rings. The van der Waals surface area contributed by atoms with Crippen LogP contribution in [0.1, 0.15) is 21.5 Å². The molecule has 0 radical (unpaired) electrons. The number of anilines is 2. The number of hydrogen-bond donors (Lipinski definition) is 4. The minimum absolute atomic E-state index is 0.433. The summed E-state index contributed by atoms with van der Waals surface area (Å²) in [7, 11) is -3.58. The molecule has 1 heterocycles. The summed E-state index contributed by atoms with van der Waals surface area (Å²) in [5.74, 6) is -0.435. The number of rotatable bonds is 6. The first-order valence-electron chi connectivity index (χ1n) is 9.60. The molecule has 1 amide bonds. The van der Waals surface area contributed by atoms with Gasteiger partial charge in [-0.1, -0.05) is 53.6 Å². The number of carbonyl (C=O) groups excluding carboxylic acids is 1. The van der Waals surface area contributed by atoms with Crippen LogP contribution < -0.4 is 15.3 Å². The number of aryl methyl sites for hydroxylation is 2. The number of aromatic amines is 1. The number of fused-ring (bicyclic) bond motifs is 1. The van der Waals surface area contributed by atoms with E-state index in [4.69, 9.17) is 0 Å². The molecule has 0 saturated heterocycles. The van der Waals surface area contributed by atoms with Crippen LogP contribution in [0, 0.1) is 13.8 Å². The molecule has 4 N–H and O–H groups in total. The largest absolute Gasteiger partial charge is 0.360 e. The van der Waals surface area contributed by atoms with Gasteiger partial charge in [0.25, 0.3) is 5.91 Å². The molecule has 0 unspecified atom stereocenters. The van der Waals surface area contributed by atoms with Crippen LogP contribution in [-0.2, 0) is 4.57 Å². The number of para-hydroxylation sites is 1. The Morgan fingerprint density at radius 1 is 0.800 bits per heavy atom. The smallest absolute Gasteiger partial charge is 0.355 e. The minimum atomic E-state index is -3.58. The summed E-state index contributed by atoms with van der Waals surface area (Å²) in [5, 5.41) is 9.44. The lowest BCUT2D eigenvalue weighted by atomic mass is 10.2. The van der Waals surface area contributed by atoms with Crippen LogP contribution in [0.15, 0.2) is 79.0 Å². The fourth-order valence-electron chi connectivity index (χ4n) is 3.17. The van der Waals surface area contributed by atoms with Gasteiger partial charge in [0.1, 0.15) is 0 Å². The van der Waals surface area contributed by atoms with Crippen molar-refractivity contribution in [1.82, 2.24) is 10.1 Å². The first-order valence-corrected chi connectivity index (χ1v) is 11.3. The van der Waals surface area contributed by atoms with Crippen LogP contribution in [0.5, 0.6) is 0 Å². The lowest BCUT2D eigenvalue weighted by Gasteiger charge is -2.23. The van der Waals surface area contributed by atoms with Crippen molar-refractivity contribution in [2.75, 3.05) is 10.2 Å². The van der Waals surface area contributed by atoms with Gasteiger partial charge in [-0.2, -0.15) is 0 Å². The van der Waals surface area contributed by atoms with Gasteiger partial charge in [0.15, 0.2) is 0 Å². The second-order valence-electron chi connectivity index (χ2n) is 7.25. The van der Waals surface area contributed by atoms with Gasteiger partial charge in [0.2, 0.25) is 0 Å². The summed E-state index contributed by atoms with van der Waals surface area (Å²) in [6, 6.07) is 22.5. The highest BCUT2D eigenvalue weighted by molar-refractivity contribution is 7.65. The number of hydrogen-bond acceptors (Lipinski definition) is 2. The Labute approximate surface area is 175 Å². The molecular formula is C23H23N4O2P. The Morgan fingerprint density at radius 2 is 1.33 bits per heavy atom. The number of aromatic nitrogens is 1. The normalized spacial score (nSPS) is 11.3. The predicted octanol–water partition coefficient (Wildman–Crippen LogP) is 5.85. The molecule has 0 aliphatic heterocycles. The zero-order chi connectivity index (χ0) is 21.1. The summed E-state index contributed by atoms with van der Waals surface area (Å²) < 4.78 is 13.8. The van der Waals surface area contributed by atoms with Crippen molar-refractivity contribution >= 4 is 35.8 Å². The Balaban J connectivity index is 1.64. The van der Waals surface area contributed by atoms with E-state index in [0.29, 0.717) is 16.9 Å². The summed E-state index contributed by atoms with van der Waals surface area (Å²) in [6.45, 7) is 3.96. The van der Waals surface area contributed by atoms with Gasteiger partial charge < -0.3 is 15.2 Å². The fourth-order valence-corrected chi connectivity index (χ4v) is 4.77. The lowest BCUT2D eigenvalue weighted by molar-refractivity contribution is 0.0982. The average Bonchev–Trinajstić information content (AvgIpc) is 3.16. The number of carbonyl (C=O) groups is 1. The molecule has 30 heavy (non-hydrogen) atoms. The second-order valence-corrected chi connectivity index (χ2v) is 9.14. The van der Waals surface area contributed by atoms with Gasteiger partial charge in [-0.3, -0.25) is 14.4 Å². The Hall–Kier alpha value is -3.50. The third-order valence-corrected chi connectivity index (χ3v) is 6.43. The Bertz CT molecular complexity index is 1180. The zero-order valence-corrected chi connectivity index (χ0v) is 17.7. The van der Waals surface area contributed by atoms with E-state index in [1.165, 1.54) is 0 Å². The van der Waals surface area contributed by atoms with Crippen molar-refractivity contribution in [3.05, 3.63) is 95.7 Å². The van der Waals surface area contributed by atoms with Gasteiger partial charge in [0.05, 0.1) is 5.56 Å². The van der Waals surface area contributed by atoms with Gasteiger partial charge in [-0.05, 0) is 44.2 Å². The van der Waals surface area contributed by atoms with E-state index in [2.05, 4.69) is 20.2 Å². The van der Waals surface area contributed by atoms with Crippen molar-refractivity contribution in [2.45, 2.75) is 13.8 Å². The molecular weight excluding hydrogens is 395 g/mol. The van der Waals surface area contributed by atoms with Crippen LogP contribution in [0.4, 0.5) is 11.4 Å². The zero-order valence-electron chi connectivity index (χ0n) is 16.8. The molecule has 152 valence electrons.